The number of Topliss-reactive ketones (excluding diaryl/α,β-unsaturated/α-hetero) is 1. The van der Waals surface area contributed by atoms with E-state index < -0.39 is 11.8 Å². The summed E-state index contributed by atoms with van der Waals surface area (Å²) in [6.45, 7) is -0.239. The molecule has 0 spiro atoms. The largest absolute Gasteiger partial charge is 0.497 e. The van der Waals surface area contributed by atoms with E-state index in [1.807, 2.05) is 0 Å². The molecular formula is C25H20BrNO5. The summed E-state index contributed by atoms with van der Waals surface area (Å²) < 4.78 is 11.5. The van der Waals surface area contributed by atoms with Gasteiger partial charge in [-0.1, -0.05) is 52.3 Å². The van der Waals surface area contributed by atoms with E-state index in [1.165, 1.54) is 12.1 Å². The number of ether oxygens (including phenoxy) is 2. The lowest BCUT2D eigenvalue weighted by Gasteiger charge is -2.10. The highest BCUT2D eigenvalue weighted by Crippen LogP contribution is 2.19. The van der Waals surface area contributed by atoms with Gasteiger partial charge in [-0.2, -0.15) is 0 Å². The van der Waals surface area contributed by atoms with Gasteiger partial charge >= 0.3 is 0 Å². The average molecular weight is 494 g/mol. The van der Waals surface area contributed by atoms with E-state index in [0.29, 0.717) is 11.3 Å². The molecule has 6 nitrogen and oxygen atoms in total. The van der Waals surface area contributed by atoms with Crippen molar-refractivity contribution in [3.05, 3.63) is 100 Å². The highest BCUT2D eigenvalue weighted by atomic mass is 79.9. The SMILES string of the molecule is COc1ccc(/C=C/C(=O)NC(=O)c2ccccc2OCC(=O)c2ccc(Br)cc2)cc1. The van der Waals surface area contributed by atoms with Crippen LogP contribution in [0.4, 0.5) is 0 Å². The van der Waals surface area contributed by atoms with Crippen LogP contribution in [0, 0.1) is 0 Å². The summed E-state index contributed by atoms with van der Waals surface area (Å²) in [7, 11) is 1.57. The minimum Gasteiger partial charge on any atom is -0.497 e. The molecule has 0 aliphatic rings. The molecule has 3 rings (SSSR count). The first-order valence-corrected chi connectivity index (χ1v) is 10.4. The molecule has 0 aliphatic heterocycles. The van der Waals surface area contributed by atoms with Gasteiger partial charge < -0.3 is 9.47 Å². The van der Waals surface area contributed by atoms with Gasteiger partial charge in [0.25, 0.3) is 11.8 Å². The zero-order valence-corrected chi connectivity index (χ0v) is 18.8. The zero-order valence-electron chi connectivity index (χ0n) is 17.2. The zero-order chi connectivity index (χ0) is 22.9. The lowest BCUT2D eigenvalue weighted by molar-refractivity contribution is -0.115. The molecule has 3 aromatic rings. The molecule has 0 fully saturated rings. The highest BCUT2D eigenvalue weighted by Gasteiger charge is 2.15. The number of benzene rings is 3. The number of imide groups is 1. The third-order valence-corrected chi connectivity index (χ3v) is 4.97. The Bertz CT molecular complexity index is 1140. The Morgan fingerprint density at radius 1 is 0.938 bits per heavy atom. The van der Waals surface area contributed by atoms with Crippen LogP contribution in [0.2, 0.25) is 0 Å². The van der Waals surface area contributed by atoms with Gasteiger partial charge in [-0.05, 0) is 48.0 Å². The fourth-order valence-electron chi connectivity index (χ4n) is 2.75. The average Bonchev–Trinajstić information content (AvgIpc) is 2.82. The van der Waals surface area contributed by atoms with E-state index in [-0.39, 0.29) is 23.7 Å². The number of hydrogen-bond donors (Lipinski definition) is 1. The van der Waals surface area contributed by atoms with Gasteiger partial charge in [-0.15, -0.1) is 0 Å². The fourth-order valence-corrected chi connectivity index (χ4v) is 3.01. The smallest absolute Gasteiger partial charge is 0.261 e. The van der Waals surface area contributed by atoms with Crippen LogP contribution in [-0.2, 0) is 4.79 Å². The first kappa shape index (κ1) is 23.0. The van der Waals surface area contributed by atoms with Gasteiger partial charge in [0.15, 0.2) is 12.4 Å². The number of nitrogens with one attached hydrogen (secondary N) is 1. The Morgan fingerprint density at radius 2 is 1.62 bits per heavy atom. The number of halogens is 1. The number of methoxy groups -OCH3 is 1. The highest BCUT2D eigenvalue weighted by molar-refractivity contribution is 9.10. The molecule has 0 radical (unpaired) electrons. The minimum absolute atomic E-state index is 0.155. The number of rotatable bonds is 8. The molecule has 3 aromatic carbocycles. The third-order valence-electron chi connectivity index (χ3n) is 4.44. The molecule has 0 unspecified atom stereocenters. The maximum absolute atomic E-state index is 12.6. The van der Waals surface area contributed by atoms with Crippen LogP contribution in [0.15, 0.2) is 83.3 Å². The maximum atomic E-state index is 12.6. The predicted molar refractivity (Wildman–Crippen MR) is 125 cm³/mol. The summed E-state index contributed by atoms with van der Waals surface area (Å²) in [4.78, 5) is 37.1. The number of ketones is 1. The van der Waals surface area contributed by atoms with Gasteiger partial charge in [0.05, 0.1) is 12.7 Å². The summed E-state index contributed by atoms with van der Waals surface area (Å²) in [6.07, 6.45) is 2.85. The van der Waals surface area contributed by atoms with E-state index in [9.17, 15) is 14.4 Å². The molecule has 32 heavy (non-hydrogen) atoms. The van der Waals surface area contributed by atoms with Crippen molar-refractivity contribution >= 4 is 39.6 Å². The topological polar surface area (TPSA) is 81.7 Å². The van der Waals surface area contributed by atoms with Crippen molar-refractivity contribution in [1.82, 2.24) is 5.32 Å². The predicted octanol–water partition coefficient (Wildman–Crippen LogP) is 4.69. The van der Waals surface area contributed by atoms with Gasteiger partial charge in [0.1, 0.15) is 11.5 Å². The Morgan fingerprint density at radius 3 is 2.31 bits per heavy atom. The molecule has 1 N–H and O–H groups in total. The molecule has 0 atom stereocenters. The molecule has 0 heterocycles. The summed E-state index contributed by atoms with van der Waals surface area (Å²) >= 11 is 3.32. The Kier molecular flexibility index (Phi) is 7.94. The molecule has 7 heteroatoms. The number of hydrogen-bond acceptors (Lipinski definition) is 5. The Hall–Kier alpha value is -3.71. The van der Waals surface area contributed by atoms with Crippen LogP contribution in [0.25, 0.3) is 6.08 Å². The van der Waals surface area contributed by atoms with Gasteiger partial charge in [0.2, 0.25) is 0 Å². The number of carbonyl (C=O) groups excluding carboxylic acids is 3. The number of para-hydroxylation sites is 1. The lowest BCUT2D eigenvalue weighted by Crippen LogP contribution is -2.29. The van der Waals surface area contributed by atoms with Gasteiger partial charge in [-0.25, -0.2) is 0 Å². The van der Waals surface area contributed by atoms with E-state index in [1.54, 1.807) is 79.9 Å². The molecule has 0 bridgehead atoms. The van der Waals surface area contributed by atoms with E-state index in [4.69, 9.17) is 9.47 Å². The molecule has 0 saturated carbocycles. The van der Waals surface area contributed by atoms with E-state index >= 15 is 0 Å². The summed E-state index contributed by atoms with van der Waals surface area (Å²) in [6, 6.07) is 20.4. The van der Waals surface area contributed by atoms with Crippen molar-refractivity contribution in [3.8, 4) is 11.5 Å². The quantitative estimate of drug-likeness (QED) is 0.363. The number of carbonyl (C=O) groups is 3. The van der Waals surface area contributed by atoms with Crippen LogP contribution in [-0.4, -0.2) is 31.3 Å². The normalized spacial score (nSPS) is 10.6. The molecular weight excluding hydrogens is 474 g/mol. The summed E-state index contributed by atoms with van der Waals surface area (Å²) in [5.41, 5.74) is 1.43. The summed E-state index contributed by atoms with van der Waals surface area (Å²) in [5.74, 6) is -0.516. The maximum Gasteiger partial charge on any atom is 0.261 e. The Balaban J connectivity index is 1.61. The van der Waals surface area contributed by atoms with Crippen LogP contribution in [0.1, 0.15) is 26.3 Å². The Labute approximate surface area is 194 Å². The first-order chi connectivity index (χ1) is 15.5. The second kappa shape index (κ2) is 11.1. The van der Waals surface area contributed by atoms with Crippen molar-refractivity contribution in [2.24, 2.45) is 0 Å². The van der Waals surface area contributed by atoms with Crippen LogP contribution in [0.5, 0.6) is 11.5 Å². The molecule has 162 valence electrons. The molecule has 2 amide bonds. The van der Waals surface area contributed by atoms with Crippen LogP contribution in [0.3, 0.4) is 0 Å². The van der Waals surface area contributed by atoms with Crippen molar-refractivity contribution in [2.75, 3.05) is 13.7 Å². The first-order valence-electron chi connectivity index (χ1n) is 9.64. The van der Waals surface area contributed by atoms with Crippen molar-refractivity contribution in [1.29, 1.82) is 0 Å². The van der Waals surface area contributed by atoms with Gasteiger partial charge in [0, 0.05) is 16.1 Å². The second-order valence-electron chi connectivity index (χ2n) is 6.64. The molecule has 0 aliphatic carbocycles. The fraction of sp³-hybridized carbons (Fsp3) is 0.0800. The van der Waals surface area contributed by atoms with Crippen molar-refractivity contribution in [2.45, 2.75) is 0 Å². The monoisotopic (exact) mass is 493 g/mol. The van der Waals surface area contributed by atoms with E-state index in [0.717, 1.165) is 10.0 Å². The van der Waals surface area contributed by atoms with Crippen molar-refractivity contribution in [3.63, 3.8) is 0 Å². The third kappa shape index (κ3) is 6.39. The summed E-state index contributed by atoms with van der Waals surface area (Å²) in [5, 5.41) is 2.30. The van der Waals surface area contributed by atoms with E-state index in [2.05, 4.69) is 21.2 Å². The number of amides is 2. The van der Waals surface area contributed by atoms with Crippen LogP contribution >= 0.6 is 15.9 Å². The lowest BCUT2D eigenvalue weighted by atomic mass is 10.1. The minimum atomic E-state index is -0.624. The molecule has 0 aromatic heterocycles. The second-order valence-corrected chi connectivity index (χ2v) is 7.56. The van der Waals surface area contributed by atoms with Crippen molar-refractivity contribution < 1.29 is 23.9 Å². The standard InChI is InChI=1S/C25H20BrNO5/c1-31-20-13-6-17(7-14-20)8-15-24(29)27-25(30)21-4-2-3-5-23(21)32-16-22(28)18-9-11-19(26)12-10-18/h2-15H,16H2,1H3,(H,27,29,30)/b15-8+. The van der Waals surface area contributed by atoms with Crippen LogP contribution < -0.4 is 14.8 Å². The van der Waals surface area contributed by atoms with Gasteiger partial charge in [-0.3, -0.25) is 19.7 Å². The molecule has 0 saturated heterocycles.